The van der Waals surface area contributed by atoms with Crippen molar-refractivity contribution in [1.82, 2.24) is 0 Å². The fourth-order valence-corrected chi connectivity index (χ4v) is 0.854. The van der Waals surface area contributed by atoms with Crippen molar-refractivity contribution < 1.29 is 9.53 Å². The van der Waals surface area contributed by atoms with E-state index < -0.39 is 0 Å². The Bertz CT molecular complexity index is 234. The number of hydrogen-bond donors (Lipinski definition) is 0. The Morgan fingerprint density at radius 2 is 2.36 bits per heavy atom. The molecule has 11 heavy (non-hydrogen) atoms. The van der Waals surface area contributed by atoms with Crippen LogP contribution in [0.1, 0.15) is 6.42 Å². The molecule has 2 heteroatoms. The Hall–Kier alpha value is -1.31. The number of methoxy groups -OCH3 is 1. The summed E-state index contributed by atoms with van der Waals surface area (Å²) < 4.78 is 5.01. The van der Waals surface area contributed by atoms with E-state index in [1.165, 1.54) is 0 Å². The van der Waals surface area contributed by atoms with Crippen LogP contribution < -0.4 is 0 Å². The molecular formula is C9H10O2. The lowest BCUT2D eigenvalue weighted by Crippen LogP contribution is -1.81. The first-order chi connectivity index (χ1) is 5.36. The highest BCUT2D eigenvalue weighted by atomic mass is 16.5. The van der Waals surface area contributed by atoms with Gasteiger partial charge >= 0.3 is 0 Å². The SMILES string of the molecule is COC1=CC=C(C=O)C=CC1. The molecule has 0 aromatic carbocycles. The van der Waals surface area contributed by atoms with Gasteiger partial charge in [-0.25, -0.2) is 0 Å². The molecule has 1 aliphatic rings. The molecule has 0 aliphatic heterocycles. The zero-order valence-corrected chi connectivity index (χ0v) is 6.41. The lowest BCUT2D eigenvalue weighted by atomic mass is 10.3. The molecule has 0 spiro atoms. The van der Waals surface area contributed by atoms with Crippen LogP contribution in [-0.2, 0) is 9.53 Å². The molecule has 58 valence electrons. The van der Waals surface area contributed by atoms with E-state index >= 15 is 0 Å². The van der Waals surface area contributed by atoms with E-state index in [9.17, 15) is 4.79 Å². The summed E-state index contributed by atoms with van der Waals surface area (Å²) in [7, 11) is 1.62. The van der Waals surface area contributed by atoms with Gasteiger partial charge < -0.3 is 4.74 Å². The second kappa shape index (κ2) is 3.76. The number of carbonyl (C=O) groups is 1. The maximum atomic E-state index is 10.3. The van der Waals surface area contributed by atoms with Crippen molar-refractivity contribution in [2.45, 2.75) is 6.42 Å². The minimum atomic E-state index is 0.678. The Balaban J connectivity index is 2.80. The minimum absolute atomic E-state index is 0.678. The van der Waals surface area contributed by atoms with E-state index in [1.807, 2.05) is 12.2 Å². The molecule has 0 radical (unpaired) electrons. The van der Waals surface area contributed by atoms with Crippen molar-refractivity contribution in [3.63, 3.8) is 0 Å². The largest absolute Gasteiger partial charge is 0.501 e. The van der Waals surface area contributed by atoms with Crippen molar-refractivity contribution in [2.24, 2.45) is 0 Å². The third kappa shape index (κ3) is 2.08. The number of hydrogen-bond acceptors (Lipinski definition) is 2. The zero-order chi connectivity index (χ0) is 8.10. The predicted molar refractivity (Wildman–Crippen MR) is 43.0 cm³/mol. The third-order valence-electron chi connectivity index (χ3n) is 1.49. The molecule has 2 nitrogen and oxygen atoms in total. The molecule has 1 aliphatic carbocycles. The summed E-state index contributed by atoms with van der Waals surface area (Å²) in [6.07, 6.45) is 8.83. The number of carbonyl (C=O) groups excluding carboxylic acids is 1. The van der Waals surface area contributed by atoms with Crippen molar-refractivity contribution in [3.05, 3.63) is 35.6 Å². The molecule has 0 saturated carbocycles. The summed E-state index contributed by atoms with van der Waals surface area (Å²) in [5.74, 6) is 0.873. The van der Waals surface area contributed by atoms with Gasteiger partial charge in [0.05, 0.1) is 12.9 Å². The molecule has 1 rings (SSSR count). The van der Waals surface area contributed by atoms with Crippen LogP contribution in [0.25, 0.3) is 0 Å². The zero-order valence-electron chi connectivity index (χ0n) is 6.41. The fraction of sp³-hybridized carbons (Fsp3) is 0.222. The first-order valence-electron chi connectivity index (χ1n) is 3.43. The van der Waals surface area contributed by atoms with Gasteiger partial charge in [0.2, 0.25) is 0 Å². The van der Waals surface area contributed by atoms with E-state index in [4.69, 9.17) is 4.74 Å². The lowest BCUT2D eigenvalue weighted by Gasteiger charge is -1.98. The van der Waals surface area contributed by atoms with Crippen molar-refractivity contribution in [2.75, 3.05) is 7.11 Å². The van der Waals surface area contributed by atoms with Crippen LogP contribution in [-0.4, -0.2) is 13.4 Å². The van der Waals surface area contributed by atoms with Crippen molar-refractivity contribution in [1.29, 1.82) is 0 Å². The van der Waals surface area contributed by atoms with Crippen LogP contribution in [0, 0.1) is 0 Å². The standard InChI is InChI=1S/C9H10O2/c1-11-9-4-2-3-8(7-10)5-6-9/h2-3,5-7H,4H2,1H3. The number of allylic oxidation sites excluding steroid dienone is 5. The summed E-state index contributed by atoms with van der Waals surface area (Å²) in [4.78, 5) is 10.3. The van der Waals surface area contributed by atoms with Crippen LogP contribution in [0.15, 0.2) is 35.6 Å². The van der Waals surface area contributed by atoms with E-state index in [-0.39, 0.29) is 0 Å². The smallest absolute Gasteiger partial charge is 0.150 e. The second-order valence-corrected chi connectivity index (χ2v) is 2.23. The maximum absolute atomic E-state index is 10.3. The topological polar surface area (TPSA) is 26.3 Å². The monoisotopic (exact) mass is 150 g/mol. The van der Waals surface area contributed by atoms with Gasteiger partial charge in [0, 0.05) is 12.0 Å². The molecule has 0 saturated heterocycles. The van der Waals surface area contributed by atoms with Crippen molar-refractivity contribution in [3.8, 4) is 0 Å². The summed E-state index contributed by atoms with van der Waals surface area (Å²) in [5.41, 5.74) is 0.678. The van der Waals surface area contributed by atoms with Gasteiger partial charge in [-0.2, -0.15) is 0 Å². The van der Waals surface area contributed by atoms with Gasteiger partial charge in [-0.1, -0.05) is 12.2 Å². The molecule has 0 aromatic heterocycles. The average Bonchev–Trinajstić information content (AvgIpc) is 2.28. The summed E-state index contributed by atoms with van der Waals surface area (Å²) in [5, 5.41) is 0. The van der Waals surface area contributed by atoms with E-state index in [1.54, 1.807) is 19.3 Å². The first kappa shape index (κ1) is 7.79. The molecule has 0 heterocycles. The summed E-state index contributed by atoms with van der Waals surface area (Å²) in [6, 6.07) is 0. The Labute approximate surface area is 65.9 Å². The Morgan fingerprint density at radius 3 is 3.00 bits per heavy atom. The molecule has 0 amide bonds. The normalized spacial score (nSPS) is 16.5. The number of rotatable bonds is 2. The minimum Gasteiger partial charge on any atom is -0.501 e. The molecular weight excluding hydrogens is 140 g/mol. The van der Waals surface area contributed by atoms with Gasteiger partial charge in [-0.05, 0) is 12.2 Å². The number of aldehydes is 1. The van der Waals surface area contributed by atoms with Gasteiger partial charge in [-0.15, -0.1) is 0 Å². The Morgan fingerprint density at radius 1 is 1.55 bits per heavy atom. The van der Waals surface area contributed by atoms with Gasteiger partial charge in [0.25, 0.3) is 0 Å². The van der Waals surface area contributed by atoms with Gasteiger partial charge in [0.15, 0.2) is 0 Å². The van der Waals surface area contributed by atoms with Crippen molar-refractivity contribution >= 4 is 6.29 Å². The second-order valence-electron chi connectivity index (χ2n) is 2.23. The predicted octanol–water partition coefficient (Wildman–Crippen LogP) is 1.60. The molecule has 0 fully saturated rings. The summed E-state index contributed by atoms with van der Waals surface area (Å²) >= 11 is 0. The average molecular weight is 150 g/mol. The highest BCUT2D eigenvalue weighted by molar-refractivity contribution is 5.78. The highest BCUT2D eigenvalue weighted by Gasteiger charge is 1.96. The number of ether oxygens (including phenoxy) is 1. The Kier molecular flexibility index (Phi) is 2.66. The van der Waals surface area contributed by atoms with Crippen LogP contribution >= 0.6 is 0 Å². The fourth-order valence-electron chi connectivity index (χ4n) is 0.854. The van der Waals surface area contributed by atoms with Crippen LogP contribution in [0.4, 0.5) is 0 Å². The van der Waals surface area contributed by atoms with Gasteiger partial charge in [-0.3, -0.25) is 4.79 Å². The lowest BCUT2D eigenvalue weighted by molar-refractivity contribution is -0.104. The summed E-state index contributed by atoms with van der Waals surface area (Å²) in [6.45, 7) is 0. The molecule has 0 N–H and O–H groups in total. The molecule has 0 aromatic rings. The quantitative estimate of drug-likeness (QED) is 0.559. The van der Waals surface area contributed by atoms with E-state index in [0.29, 0.717) is 5.57 Å². The van der Waals surface area contributed by atoms with Gasteiger partial charge in [0.1, 0.15) is 6.29 Å². The van der Waals surface area contributed by atoms with E-state index in [0.717, 1.165) is 18.5 Å². The highest BCUT2D eigenvalue weighted by Crippen LogP contribution is 2.09. The van der Waals surface area contributed by atoms with Crippen LogP contribution in [0.2, 0.25) is 0 Å². The third-order valence-corrected chi connectivity index (χ3v) is 1.49. The molecule has 0 atom stereocenters. The van der Waals surface area contributed by atoms with Crippen LogP contribution in [0.5, 0.6) is 0 Å². The first-order valence-corrected chi connectivity index (χ1v) is 3.43. The molecule has 0 unspecified atom stereocenters. The van der Waals surface area contributed by atoms with Crippen LogP contribution in [0.3, 0.4) is 0 Å². The van der Waals surface area contributed by atoms with E-state index in [2.05, 4.69) is 0 Å². The molecule has 0 bridgehead atoms. The maximum Gasteiger partial charge on any atom is 0.150 e.